The van der Waals surface area contributed by atoms with E-state index < -0.39 is 5.97 Å². The second kappa shape index (κ2) is 16.7. The fourth-order valence-corrected chi connectivity index (χ4v) is 7.59. The predicted octanol–water partition coefficient (Wildman–Crippen LogP) is 10.2. The number of fused-ring (bicyclic) bond motifs is 3. The van der Waals surface area contributed by atoms with Crippen molar-refractivity contribution in [3.8, 4) is 68.0 Å². The minimum absolute atomic E-state index is 0.202. The normalized spacial score (nSPS) is 11.6. The Kier molecular flexibility index (Phi) is 11.3. The Bertz CT molecular complexity index is 2320. The molecule has 0 spiro atoms. The summed E-state index contributed by atoms with van der Waals surface area (Å²) in [5.41, 5.74) is 8.25. The van der Waals surface area contributed by atoms with Crippen LogP contribution in [0.5, 0.6) is 34.5 Å². The van der Waals surface area contributed by atoms with Gasteiger partial charge in [0, 0.05) is 33.3 Å². The number of aryl methyl sites for hydroxylation is 1. The first kappa shape index (κ1) is 37.4. The van der Waals surface area contributed by atoms with Crippen LogP contribution in [0.2, 0.25) is 0 Å². The van der Waals surface area contributed by atoms with Crippen LogP contribution in [-0.4, -0.2) is 45.6 Å². The van der Waals surface area contributed by atoms with Gasteiger partial charge >= 0.3 is 5.97 Å². The molecule has 2 heterocycles. The molecule has 1 aliphatic heterocycles. The van der Waals surface area contributed by atoms with Crippen LogP contribution in [0.25, 0.3) is 33.5 Å². The summed E-state index contributed by atoms with van der Waals surface area (Å²) < 4.78 is 44.5. The SMILES string of the molecule is CCOC(=O)c1c(-c2cc(OC)c(OCc3ccccc3)cc2Br)c(-c2ccc(OC)c(OC)c2)c2n1CCc1cc(OCc3ccccc3)c(OC)cc1-2. The van der Waals surface area contributed by atoms with E-state index in [9.17, 15) is 4.79 Å². The minimum Gasteiger partial charge on any atom is -0.493 e. The van der Waals surface area contributed by atoms with E-state index in [1.807, 2.05) is 110 Å². The number of ether oxygens (including phenoxy) is 7. The zero-order chi connectivity index (χ0) is 38.5. The van der Waals surface area contributed by atoms with Gasteiger partial charge in [0.15, 0.2) is 34.5 Å². The van der Waals surface area contributed by atoms with Crippen molar-refractivity contribution in [1.29, 1.82) is 0 Å². The molecule has 9 nitrogen and oxygen atoms in total. The standard InChI is InChI=1S/C45H42BrNO8/c1-6-53-45(48)44-42(33-24-38(52-5)40(25-34(33)46)55-27-29-15-11-8-12-16-29)41(31-17-18-35(49-2)36(22-31)50-3)43-32-23-37(51-4)39(21-30(32)19-20-47(43)44)54-26-28-13-9-7-10-14-28/h7-18,21-25H,6,19-20,26-27H2,1-5H3. The Morgan fingerprint density at radius 3 is 1.78 bits per heavy atom. The molecule has 55 heavy (non-hydrogen) atoms. The quantitative estimate of drug-likeness (QED) is 0.101. The lowest BCUT2D eigenvalue weighted by Gasteiger charge is -2.24. The maximum absolute atomic E-state index is 14.3. The number of hydrogen-bond acceptors (Lipinski definition) is 8. The first-order valence-corrected chi connectivity index (χ1v) is 18.8. The molecule has 6 aromatic rings. The molecule has 0 N–H and O–H groups in total. The second-order valence-electron chi connectivity index (χ2n) is 12.8. The number of rotatable bonds is 14. The Balaban J connectivity index is 1.47. The Labute approximate surface area is 329 Å². The Hall–Kier alpha value is -5.87. The van der Waals surface area contributed by atoms with E-state index in [1.165, 1.54) is 0 Å². The molecule has 0 amide bonds. The molecule has 7 rings (SSSR count). The number of hydrogen-bond donors (Lipinski definition) is 0. The molecular weight excluding hydrogens is 762 g/mol. The highest BCUT2D eigenvalue weighted by molar-refractivity contribution is 9.10. The van der Waals surface area contributed by atoms with Gasteiger partial charge in [0.05, 0.1) is 40.7 Å². The molecule has 0 unspecified atom stereocenters. The van der Waals surface area contributed by atoms with E-state index in [1.54, 1.807) is 28.4 Å². The average Bonchev–Trinajstić information content (AvgIpc) is 3.57. The third-order valence-electron chi connectivity index (χ3n) is 9.65. The van der Waals surface area contributed by atoms with Gasteiger partial charge in [-0.2, -0.15) is 0 Å². The summed E-state index contributed by atoms with van der Waals surface area (Å²) >= 11 is 3.87. The molecule has 1 aliphatic rings. The Morgan fingerprint density at radius 1 is 0.636 bits per heavy atom. The largest absolute Gasteiger partial charge is 0.493 e. The third kappa shape index (κ3) is 7.47. The van der Waals surface area contributed by atoms with Crippen LogP contribution >= 0.6 is 15.9 Å². The number of nitrogens with zero attached hydrogens (tertiary/aromatic N) is 1. The van der Waals surface area contributed by atoms with Gasteiger partial charge in [-0.3, -0.25) is 0 Å². The highest BCUT2D eigenvalue weighted by Gasteiger charge is 2.35. The van der Waals surface area contributed by atoms with Crippen LogP contribution in [0.3, 0.4) is 0 Å². The zero-order valence-electron chi connectivity index (χ0n) is 31.4. The molecule has 0 aliphatic carbocycles. The topological polar surface area (TPSA) is 86.6 Å². The maximum atomic E-state index is 14.3. The zero-order valence-corrected chi connectivity index (χ0v) is 33.0. The van der Waals surface area contributed by atoms with Crippen LogP contribution < -0.4 is 28.4 Å². The molecule has 0 saturated heterocycles. The van der Waals surface area contributed by atoms with Crippen LogP contribution in [-0.2, 0) is 30.9 Å². The average molecular weight is 805 g/mol. The van der Waals surface area contributed by atoms with Crippen molar-refractivity contribution in [1.82, 2.24) is 4.57 Å². The lowest BCUT2D eigenvalue weighted by molar-refractivity contribution is 0.0514. The van der Waals surface area contributed by atoms with Crippen LogP contribution in [0.1, 0.15) is 34.1 Å². The van der Waals surface area contributed by atoms with E-state index >= 15 is 0 Å². The van der Waals surface area contributed by atoms with Gasteiger partial charge in [-0.25, -0.2) is 4.79 Å². The molecule has 0 radical (unpaired) electrons. The highest BCUT2D eigenvalue weighted by atomic mass is 79.9. The fraction of sp³-hybridized carbons (Fsp3) is 0.222. The summed E-state index contributed by atoms with van der Waals surface area (Å²) in [6.07, 6.45) is 0.636. The van der Waals surface area contributed by atoms with Gasteiger partial charge in [0.2, 0.25) is 0 Å². The molecule has 0 fully saturated rings. The minimum atomic E-state index is -0.445. The van der Waals surface area contributed by atoms with Crippen LogP contribution in [0, 0.1) is 0 Å². The summed E-state index contributed by atoms with van der Waals surface area (Å²) in [5, 5.41) is 0. The smallest absolute Gasteiger partial charge is 0.355 e. The number of aromatic nitrogens is 1. The van der Waals surface area contributed by atoms with E-state index in [0.29, 0.717) is 76.4 Å². The van der Waals surface area contributed by atoms with Crippen molar-refractivity contribution in [3.05, 3.63) is 130 Å². The number of halogens is 1. The van der Waals surface area contributed by atoms with E-state index in [2.05, 4.69) is 20.5 Å². The number of esters is 1. The van der Waals surface area contributed by atoms with Gasteiger partial charge in [0.25, 0.3) is 0 Å². The molecule has 10 heteroatoms. The predicted molar refractivity (Wildman–Crippen MR) is 216 cm³/mol. The van der Waals surface area contributed by atoms with Gasteiger partial charge in [-0.05, 0) is 72.0 Å². The summed E-state index contributed by atoms with van der Waals surface area (Å²) in [6, 6.07) is 33.6. The number of benzene rings is 5. The van der Waals surface area contributed by atoms with Gasteiger partial charge in [0.1, 0.15) is 18.9 Å². The van der Waals surface area contributed by atoms with Gasteiger partial charge in [-0.1, -0.05) is 82.7 Å². The molecule has 0 saturated carbocycles. The lowest BCUT2D eigenvalue weighted by atomic mass is 9.89. The molecule has 5 aromatic carbocycles. The van der Waals surface area contributed by atoms with Crippen LogP contribution in [0.4, 0.5) is 0 Å². The first-order chi connectivity index (χ1) is 26.9. The molecular formula is C45H42BrNO8. The third-order valence-corrected chi connectivity index (χ3v) is 10.3. The van der Waals surface area contributed by atoms with Crippen molar-refractivity contribution in [2.24, 2.45) is 0 Å². The molecule has 0 bridgehead atoms. The van der Waals surface area contributed by atoms with Crippen molar-refractivity contribution < 1.29 is 38.0 Å². The van der Waals surface area contributed by atoms with Crippen molar-refractivity contribution >= 4 is 21.9 Å². The number of carbonyl (C=O) groups is 1. The van der Waals surface area contributed by atoms with Gasteiger partial charge in [-0.15, -0.1) is 0 Å². The highest BCUT2D eigenvalue weighted by Crippen LogP contribution is 2.53. The number of methoxy groups -OCH3 is 4. The fourth-order valence-electron chi connectivity index (χ4n) is 7.07. The van der Waals surface area contributed by atoms with Crippen molar-refractivity contribution in [2.45, 2.75) is 33.1 Å². The number of carbonyl (C=O) groups excluding carboxylic acids is 1. The summed E-state index contributed by atoms with van der Waals surface area (Å²) in [6.45, 7) is 3.26. The van der Waals surface area contributed by atoms with E-state index in [-0.39, 0.29) is 6.61 Å². The lowest BCUT2D eigenvalue weighted by Crippen LogP contribution is -2.18. The maximum Gasteiger partial charge on any atom is 0.355 e. The summed E-state index contributed by atoms with van der Waals surface area (Å²) in [4.78, 5) is 14.3. The molecule has 0 atom stereocenters. The molecule has 1 aromatic heterocycles. The van der Waals surface area contributed by atoms with Crippen LogP contribution in [0.15, 0.2) is 108 Å². The monoisotopic (exact) mass is 803 g/mol. The first-order valence-electron chi connectivity index (χ1n) is 18.0. The van der Waals surface area contributed by atoms with E-state index in [4.69, 9.17) is 33.2 Å². The van der Waals surface area contributed by atoms with E-state index in [0.717, 1.165) is 44.6 Å². The summed E-state index contributed by atoms with van der Waals surface area (Å²) in [5.74, 6) is 2.95. The van der Waals surface area contributed by atoms with Gasteiger partial charge < -0.3 is 37.7 Å². The Morgan fingerprint density at radius 2 is 1.20 bits per heavy atom. The second-order valence-corrected chi connectivity index (χ2v) is 13.7. The molecule has 282 valence electrons. The van der Waals surface area contributed by atoms with Crippen molar-refractivity contribution in [3.63, 3.8) is 0 Å². The summed E-state index contributed by atoms with van der Waals surface area (Å²) in [7, 11) is 6.45. The van der Waals surface area contributed by atoms with Crippen molar-refractivity contribution in [2.75, 3.05) is 35.0 Å².